The van der Waals surface area contributed by atoms with Gasteiger partial charge in [-0.3, -0.25) is 20.4 Å². The Morgan fingerprint density at radius 2 is 1.96 bits per heavy atom. The molecule has 0 saturated carbocycles. The molecule has 0 bridgehead atoms. The number of fused-ring (bicyclic) bond motifs is 1. The number of aryl methyl sites for hydroxylation is 3. The number of hydrazine groups is 1. The Bertz CT molecular complexity index is 1090. The molecule has 4 N–H and O–H groups in total. The summed E-state index contributed by atoms with van der Waals surface area (Å²) in [5, 5.41) is 3.86. The van der Waals surface area contributed by atoms with Gasteiger partial charge in [-0.15, -0.1) is 11.3 Å². The Kier molecular flexibility index (Phi) is 5.52. The molecule has 0 saturated heterocycles. The van der Waals surface area contributed by atoms with Gasteiger partial charge in [0.1, 0.15) is 10.7 Å². The molecule has 7 nitrogen and oxygen atoms in total. The number of hydrogen-bond acceptors (Lipinski definition) is 5. The Morgan fingerprint density at radius 1 is 1.22 bits per heavy atom. The number of para-hydroxylation sites is 1. The lowest BCUT2D eigenvalue weighted by Crippen LogP contribution is -2.44. The number of anilines is 1. The van der Waals surface area contributed by atoms with E-state index in [4.69, 9.17) is 12.2 Å². The second-order valence-electron chi connectivity index (χ2n) is 6.10. The third-order valence-corrected chi connectivity index (χ3v) is 5.43. The first-order chi connectivity index (χ1) is 12.8. The fourth-order valence-electron chi connectivity index (χ4n) is 2.57. The molecule has 140 valence electrons. The smallest absolute Gasteiger partial charge is 0.259 e. The van der Waals surface area contributed by atoms with E-state index >= 15 is 0 Å². The van der Waals surface area contributed by atoms with Crippen molar-refractivity contribution in [3.63, 3.8) is 0 Å². The zero-order valence-corrected chi connectivity index (χ0v) is 16.7. The monoisotopic (exact) mass is 401 g/mol. The van der Waals surface area contributed by atoms with Crippen LogP contribution >= 0.6 is 23.6 Å². The van der Waals surface area contributed by atoms with Crippen LogP contribution in [0.2, 0.25) is 0 Å². The van der Waals surface area contributed by atoms with Crippen molar-refractivity contribution >= 4 is 50.5 Å². The van der Waals surface area contributed by atoms with Gasteiger partial charge in [0, 0.05) is 10.6 Å². The maximum Gasteiger partial charge on any atom is 0.259 e. The minimum absolute atomic E-state index is 0.0683. The van der Waals surface area contributed by atoms with Crippen molar-refractivity contribution in [3.8, 4) is 0 Å². The van der Waals surface area contributed by atoms with Crippen LogP contribution in [-0.4, -0.2) is 21.0 Å². The summed E-state index contributed by atoms with van der Waals surface area (Å²) in [6.45, 7) is 5.79. The third kappa shape index (κ3) is 4.32. The van der Waals surface area contributed by atoms with Gasteiger partial charge in [-0.2, -0.15) is 0 Å². The van der Waals surface area contributed by atoms with Gasteiger partial charge >= 0.3 is 0 Å². The van der Waals surface area contributed by atoms with E-state index in [0.29, 0.717) is 16.0 Å². The van der Waals surface area contributed by atoms with Crippen LogP contribution in [0.5, 0.6) is 0 Å². The fraction of sp³-hybridized carbons (Fsp3) is 0.222. The van der Waals surface area contributed by atoms with E-state index in [1.807, 2.05) is 45.0 Å². The first-order valence-corrected chi connectivity index (χ1v) is 9.48. The van der Waals surface area contributed by atoms with Gasteiger partial charge in [-0.25, -0.2) is 4.98 Å². The van der Waals surface area contributed by atoms with E-state index in [1.54, 1.807) is 0 Å². The molecule has 3 rings (SSSR count). The molecule has 1 aromatic carbocycles. The number of thiocarbonyl (C=S) groups is 1. The zero-order chi connectivity index (χ0) is 19.6. The highest BCUT2D eigenvalue weighted by Gasteiger charge is 2.13. The number of carbonyl (C=O) groups excluding carboxylic acids is 1. The fourth-order valence-corrected chi connectivity index (χ4v) is 3.78. The van der Waals surface area contributed by atoms with Crippen molar-refractivity contribution < 1.29 is 4.79 Å². The highest BCUT2D eigenvalue weighted by atomic mass is 32.1. The Balaban J connectivity index is 1.61. The van der Waals surface area contributed by atoms with E-state index in [2.05, 4.69) is 26.1 Å². The molecule has 0 aliphatic carbocycles. The first-order valence-electron chi connectivity index (χ1n) is 8.25. The average molecular weight is 402 g/mol. The number of nitrogens with zero attached hydrogens (tertiary/aromatic N) is 1. The highest BCUT2D eigenvalue weighted by molar-refractivity contribution is 7.80. The van der Waals surface area contributed by atoms with Gasteiger partial charge in [0.2, 0.25) is 5.91 Å². The van der Waals surface area contributed by atoms with E-state index in [9.17, 15) is 9.59 Å². The van der Waals surface area contributed by atoms with Crippen molar-refractivity contribution in [1.29, 1.82) is 0 Å². The summed E-state index contributed by atoms with van der Waals surface area (Å²) in [6.07, 6.45) is -0.0683. The SMILES string of the molecule is Cc1ccccc1NC(=S)NNC(=O)Cc1nc2sc(C)c(C)c2c(=O)[nH]1. The van der Waals surface area contributed by atoms with Crippen LogP contribution in [0.15, 0.2) is 29.1 Å². The number of rotatable bonds is 3. The van der Waals surface area contributed by atoms with E-state index in [0.717, 1.165) is 21.7 Å². The van der Waals surface area contributed by atoms with Crippen molar-refractivity contribution in [1.82, 2.24) is 20.8 Å². The molecule has 0 aliphatic heterocycles. The van der Waals surface area contributed by atoms with E-state index < -0.39 is 0 Å². The number of hydrogen-bond donors (Lipinski definition) is 4. The van der Waals surface area contributed by atoms with Crippen LogP contribution < -0.4 is 21.7 Å². The molecule has 9 heteroatoms. The van der Waals surface area contributed by atoms with Gasteiger partial charge in [0.15, 0.2) is 5.11 Å². The molecule has 2 aromatic heterocycles. The van der Waals surface area contributed by atoms with Gasteiger partial charge in [-0.05, 0) is 50.2 Å². The van der Waals surface area contributed by atoms with Gasteiger partial charge in [-0.1, -0.05) is 18.2 Å². The van der Waals surface area contributed by atoms with Gasteiger partial charge < -0.3 is 10.3 Å². The summed E-state index contributed by atoms with van der Waals surface area (Å²) in [4.78, 5) is 33.1. The van der Waals surface area contributed by atoms with E-state index in [1.165, 1.54) is 11.3 Å². The Labute approximate surface area is 165 Å². The number of H-pyrrole nitrogens is 1. The van der Waals surface area contributed by atoms with Crippen LogP contribution in [0.4, 0.5) is 5.69 Å². The highest BCUT2D eigenvalue weighted by Crippen LogP contribution is 2.25. The molecule has 0 radical (unpaired) electrons. The molecule has 0 fully saturated rings. The van der Waals surface area contributed by atoms with Gasteiger partial charge in [0.05, 0.1) is 11.8 Å². The normalized spacial score (nSPS) is 10.6. The second-order valence-corrected chi connectivity index (χ2v) is 7.71. The zero-order valence-electron chi connectivity index (χ0n) is 15.1. The van der Waals surface area contributed by atoms with E-state index in [-0.39, 0.29) is 23.0 Å². The maximum atomic E-state index is 12.2. The largest absolute Gasteiger partial charge is 0.331 e. The molecule has 0 atom stereocenters. The van der Waals surface area contributed by atoms with Crippen LogP contribution in [-0.2, 0) is 11.2 Å². The summed E-state index contributed by atoms with van der Waals surface area (Å²) in [7, 11) is 0. The minimum atomic E-state index is -0.364. The standard InChI is InChI=1S/C18H19N5O2S2/c1-9-6-4-5-7-12(9)19-18(26)23-22-14(24)8-13-20-16(25)15-10(2)11(3)27-17(15)21-13/h4-7H,8H2,1-3H3,(H,22,24)(H2,19,23,26)(H,20,21,25). The summed E-state index contributed by atoms with van der Waals surface area (Å²) in [5.41, 5.74) is 7.73. The molecule has 0 spiro atoms. The quantitative estimate of drug-likeness (QED) is 0.398. The third-order valence-electron chi connectivity index (χ3n) is 4.12. The topological polar surface area (TPSA) is 98.9 Å². The van der Waals surface area contributed by atoms with Crippen molar-refractivity contribution in [2.24, 2.45) is 0 Å². The number of thiophene rings is 1. The number of aromatic amines is 1. The Morgan fingerprint density at radius 3 is 2.70 bits per heavy atom. The Hall–Kier alpha value is -2.78. The summed E-state index contributed by atoms with van der Waals surface area (Å²) < 4.78 is 0. The lowest BCUT2D eigenvalue weighted by Gasteiger charge is -2.13. The first kappa shape index (κ1) is 19.0. The average Bonchev–Trinajstić information content (AvgIpc) is 2.89. The molecule has 1 amide bonds. The predicted octanol–water partition coefficient (Wildman–Crippen LogP) is 2.47. The summed E-state index contributed by atoms with van der Waals surface area (Å²) in [5.74, 6) is -0.0535. The molecule has 0 unspecified atom stereocenters. The van der Waals surface area contributed by atoms with Crippen LogP contribution in [0.25, 0.3) is 10.2 Å². The number of nitrogens with one attached hydrogen (secondary N) is 4. The van der Waals surface area contributed by atoms with Crippen LogP contribution in [0, 0.1) is 20.8 Å². The lowest BCUT2D eigenvalue weighted by molar-refractivity contribution is -0.121. The van der Waals surface area contributed by atoms with Crippen LogP contribution in [0.1, 0.15) is 21.8 Å². The predicted molar refractivity (Wildman–Crippen MR) is 112 cm³/mol. The lowest BCUT2D eigenvalue weighted by atomic mass is 10.2. The molecular weight excluding hydrogens is 382 g/mol. The number of aromatic nitrogens is 2. The molecule has 0 aliphatic rings. The number of carbonyl (C=O) groups is 1. The number of amides is 1. The molecule has 3 aromatic rings. The number of benzene rings is 1. The minimum Gasteiger partial charge on any atom is -0.331 e. The molecule has 2 heterocycles. The van der Waals surface area contributed by atoms with Crippen molar-refractivity contribution in [3.05, 3.63) is 56.4 Å². The van der Waals surface area contributed by atoms with Crippen LogP contribution in [0.3, 0.4) is 0 Å². The molecular formula is C18H19N5O2S2. The molecule has 27 heavy (non-hydrogen) atoms. The summed E-state index contributed by atoms with van der Waals surface area (Å²) in [6, 6.07) is 7.67. The van der Waals surface area contributed by atoms with Gasteiger partial charge in [0.25, 0.3) is 5.56 Å². The van der Waals surface area contributed by atoms with Crippen molar-refractivity contribution in [2.45, 2.75) is 27.2 Å². The second kappa shape index (κ2) is 7.85. The maximum absolute atomic E-state index is 12.2. The summed E-state index contributed by atoms with van der Waals surface area (Å²) >= 11 is 6.62. The van der Waals surface area contributed by atoms with Crippen molar-refractivity contribution in [2.75, 3.05) is 5.32 Å².